The van der Waals surface area contributed by atoms with Gasteiger partial charge in [-0.1, -0.05) is 114 Å². The average Bonchev–Trinajstić information content (AvgIpc) is 3.21. The second-order valence-electron chi connectivity index (χ2n) is 10.9. The van der Waals surface area contributed by atoms with Gasteiger partial charge >= 0.3 is 0 Å². The number of hydrogen-bond acceptors (Lipinski definition) is 0. The molecule has 7 rings (SSSR count). The smallest absolute Gasteiger partial charge is 0.240 e. The van der Waals surface area contributed by atoms with Crippen LogP contribution in [0.1, 0.15) is 61.2 Å². The molecule has 5 aromatic rings. The first-order valence-corrected chi connectivity index (χ1v) is 13.4. The van der Waals surface area contributed by atoms with E-state index in [0.717, 1.165) is 18.4 Å². The normalized spacial score (nSPS) is 16.3. The lowest BCUT2D eigenvalue weighted by Crippen LogP contribution is -2.34. The van der Waals surface area contributed by atoms with E-state index in [1.54, 1.807) is 0 Å². The highest BCUT2D eigenvalue weighted by molar-refractivity contribution is 5.89. The number of nitrogens with zero attached hydrogens (tertiary/aromatic N) is 1. The minimum atomic E-state index is -0.382. The van der Waals surface area contributed by atoms with E-state index in [4.69, 9.17) is 6.57 Å². The maximum absolute atomic E-state index is 7.65. The number of hydrogen-bond donors (Lipinski definition) is 0. The van der Waals surface area contributed by atoms with Crippen LogP contribution >= 0.6 is 0 Å². The van der Waals surface area contributed by atoms with Crippen LogP contribution in [0.3, 0.4) is 0 Å². The lowest BCUT2D eigenvalue weighted by atomic mass is 9.61. The third-order valence-corrected chi connectivity index (χ3v) is 8.55. The number of fused-ring (bicyclic) bond motifs is 9. The monoisotopic (exact) mass is 487 g/mol. The Kier molecular flexibility index (Phi) is 5.14. The van der Waals surface area contributed by atoms with Crippen molar-refractivity contribution in [1.82, 2.24) is 0 Å². The van der Waals surface area contributed by atoms with E-state index < -0.39 is 0 Å². The van der Waals surface area contributed by atoms with Crippen molar-refractivity contribution in [3.63, 3.8) is 0 Å². The van der Waals surface area contributed by atoms with E-state index in [1.165, 1.54) is 66.8 Å². The highest BCUT2D eigenvalue weighted by Gasteiger charge is 2.50. The van der Waals surface area contributed by atoms with Crippen LogP contribution < -0.4 is 0 Å². The molecule has 0 radical (unpaired) electrons. The van der Waals surface area contributed by atoms with Gasteiger partial charge in [-0.3, -0.25) is 0 Å². The zero-order valence-electron chi connectivity index (χ0n) is 21.9. The summed E-state index contributed by atoms with van der Waals surface area (Å²) >= 11 is 0. The maximum atomic E-state index is 7.65. The van der Waals surface area contributed by atoms with E-state index >= 15 is 0 Å². The molecule has 2 aliphatic rings. The lowest BCUT2D eigenvalue weighted by Gasteiger charge is -2.41. The second-order valence-corrected chi connectivity index (χ2v) is 10.9. The average molecular weight is 488 g/mol. The van der Waals surface area contributed by atoms with Crippen LogP contribution in [0.2, 0.25) is 0 Å². The van der Waals surface area contributed by atoms with Crippen molar-refractivity contribution >= 4 is 0 Å². The molecule has 0 aromatic heterocycles. The van der Waals surface area contributed by atoms with Gasteiger partial charge in [0.25, 0.3) is 0 Å². The number of rotatable bonds is 3. The van der Waals surface area contributed by atoms with Crippen molar-refractivity contribution in [3.05, 3.63) is 176 Å². The molecule has 0 heterocycles. The SMILES string of the molecule is [C-]#[N+]Cc1cccc2c1-c1ccccc1C21c2ccccc2Cc2c(Cc3cc(C)cc(C)c3)cccc21. The fraction of sp³-hybridized carbons (Fsp3) is 0.162. The van der Waals surface area contributed by atoms with E-state index in [1.807, 2.05) is 0 Å². The highest BCUT2D eigenvalue weighted by atomic mass is 14.6. The lowest BCUT2D eigenvalue weighted by molar-refractivity contribution is 0.717. The number of aryl methyl sites for hydroxylation is 2. The van der Waals surface area contributed by atoms with Gasteiger partial charge in [0.05, 0.1) is 5.41 Å². The van der Waals surface area contributed by atoms with Gasteiger partial charge < -0.3 is 4.85 Å². The number of benzene rings is 5. The molecule has 1 nitrogen and oxygen atoms in total. The molecule has 1 heteroatoms. The van der Waals surface area contributed by atoms with Crippen molar-refractivity contribution in [1.29, 1.82) is 0 Å². The van der Waals surface area contributed by atoms with Crippen LogP contribution in [0, 0.1) is 20.4 Å². The standard InChI is InChI=1S/C37H29N/c1-24-18-25(2)20-26(19-24)21-27-11-8-16-34-31(27)22-28-10-4-6-14-32(28)37(34)33-15-7-5-13-30(33)36-29(23-38-3)12-9-17-35(36)37/h4-20H,21-23H2,1-2H3. The molecule has 1 spiro atoms. The van der Waals surface area contributed by atoms with E-state index in [0.29, 0.717) is 6.54 Å². The molecular formula is C37H29N. The molecule has 0 fully saturated rings. The van der Waals surface area contributed by atoms with Crippen LogP contribution in [-0.2, 0) is 24.8 Å². The molecule has 1 atom stereocenters. The van der Waals surface area contributed by atoms with Gasteiger partial charge in [0.2, 0.25) is 6.54 Å². The molecule has 38 heavy (non-hydrogen) atoms. The highest BCUT2D eigenvalue weighted by Crippen LogP contribution is 2.60. The van der Waals surface area contributed by atoms with Crippen molar-refractivity contribution in [2.24, 2.45) is 0 Å². The topological polar surface area (TPSA) is 4.36 Å². The summed E-state index contributed by atoms with van der Waals surface area (Å²) in [5.74, 6) is 0. The third-order valence-electron chi connectivity index (χ3n) is 8.55. The van der Waals surface area contributed by atoms with E-state index in [2.05, 4.69) is 122 Å². The zero-order valence-corrected chi connectivity index (χ0v) is 21.9. The van der Waals surface area contributed by atoms with Crippen LogP contribution in [0.5, 0.6) is 0 Å². The molecule has 0 N–H and O–H groups in total. The Morgan fingerprint density at radius 2 is 1.34 bits per heavy atom. The van der Waals surface area contributed by atoms with Gasteiger partial charge in [-0.2, -0.15) is 0 Å². The summed E-state index contributed by atoms with van der Waals surface area (Å²) in [6, 6.07) is 38.4. The Morgan fingerprint density at radius 3 is 2.13 bits per heavy atom. The summed E-state index contributed by atoms with van der Waals surface area (Å²) in [6.45, 7) is 12.4. The summed E-state index contributed by atoms with van der Waals surface area (Å²) in [5, 5.41) is 0. The molecule has 2 aliphatic carbocycles. The minimum Gasteiger partial charge on any atom is -0.312 e. The Bertz CT molecular complexity index is 1760. The predicted molar refractivity (Wildman–Crippen MR) is 156 cm³/mol. The Labute approximate surface area is 225 Å². The van der Waals surface area contributed by atoms with Crippen LogP contribution in [-0.4, -0.2) is 0 Å². The molecule has 0 saturated carbocycles. The Balaban J connectivity index is 1.56. The Hall–Kier alpha value is -4.41. The van der Waals surface area contributed by atoms with Gasteiger partial charge in [0, 0.05) is 5.56 Å². The van der Waals surface area contributed by atoms with Gasteiger partial charge in [0.15, 0.2) is 0 Å². The fourth-order valence-corrected chi connectivity index (χ4v) is 7.33. The fourth-order valence-electron chi connectivity index (χ4n) is 7.33. The van der Waals surface area contributed by atoms with Gasteiger partial charge in [-0.15, -0.1) is 0 Å². The zero-order chi connectivity index (χ0) is 25.9. The quantitative estimate of drug-likeness (QED) is 0.220. The molecule has 0 bridgehead atoms. The van der Waals surface area contributed by atoms with E-state index in [9.17, 15) is 0 Å². The molecule has 1 unspecified atom stereocenters. The summed E-state index contributed by atoms with van der Waals surface area (Å²) < 4.78 is 0. The van der Waals surface area contributed by atoms with Crippen molar-refractivity contribution in [2.45, 2.75) is 38.6 Å². The predicted octanol–water partition coefficient (Wildman–Crippen LogP) is 8.58. The molecule has 0 amide bonds. The summed E-state index contributed by atoms with van der Waals surface area (Å²) in [4.78, 5) is 3.80. The summed E-state index contributed by atoms with van der Waals surface area (Å²) in [5.41, 5.74) is 16.9. The van der Waals surface area contributed by atoms with Crippen LogP contribution in [0.25, 0.3) is 16.0 Å². The van der Waals surface area contributed by atoms with Crippen LogP contribution in [0.4, 0.5) is 0 Å². The minimum absolute atomic E-state index is 0.382. The van der Waals surface area contributed by atoms with E-state index in [-0.39, 0.29) is 5.41 Å². The summed E-state index contributed by atoms with van der Waals surface area (Å²) in [6.07, 6.45) is 1.86. The molecular weight excluding hydrogens is 458 g/mol. The summed E-state index contributed by atoms with van der Waals surface area (Å²) in [7, 11) is 0. The third kappa shape index (κ3) is 3.17. The molecule has 5 aromatic carbocycles. The van der Waals surface area contributed by atoms with Gasteiger partial charge in [-0.05, 0) is 82.3 Å². The van der Waals surface area contributed by atoms with Crippen LogP contribution in [0.15, 0.2) is 103 Å². The van der Waals surface area contributed by atoms with Gasteiger partial charge in [-0.25, -0.2) is 6.57 Å². The molecule has 182 valence electrons. The first-order valence-electron chi connectivity index (χ1n) is 13.4. The maximum Gasteiger partial charge on any atom is 0.240 e. The van der Waals surface area contributed by atoms with Crippen molar-refractivity contribution < 1.29 is 0 Å². The second kappa shape index (κ2) is 8.57. The largest absolute Gasteiger partial charge is 0.312 e. The molecule has 0 aliphatic heterocycles. The van der Waals surface area contributed by atoms with Gasteiger partial charge in [0.1, 0.15) is 0 Å². The Morgan fingerprint density at radius 1 is 0.684 bits per heavy atom. The first-order chi connectivity index (χ1) is 18.6. The molecule has 0 saturated heterocycles. The van der Waals surface area contributed by atoms with Crippen molar-refractivity contribution in [3.8, 4) is 11.1 Å². The van der Waals surface area contributed by atoms with Crippen molar-refractivity contribution in [2.75, 3.05) is 0 Å². The first kappa shape index (κ1) is 22.8.